The van der Waals surface area contributed by atoms with E-state index in [0.717, 1.165) is 18.6 Å². The highest BCUT2D eigenvalue weighted by molar-refractivity contribution is 5.65. The number of esters is 1. The van der Waals surface area contributed by atoms with Crippen molar-refractivity contribution in [3.05, 3.63) is 30.3 Å². The molecule has 1 aromatic carbocycles. The Labute approximate surface area is 97.4 Å². The van der Waals surface area contributed by atoms with Gasteiger partial charge in [0.05, 0.1) is 13.7 Å². The monoisotopic (exact) mass is 224 g/mol. The van der Waals surface area contributed by atoms with E-state index in [2.05, 4.69) is 11.7 Å². The summed E-state index contributed by atoms with van der Waals surface area (Å²) in [4.78, 5) is 10.1. The number of carbonyl (C=O) groups excluding carboxylic acids is 1. The zero-order valence-corrected chi connectivity index (χ0v) is 10.2. The summed E-state index contributed by atoms with van der Waals surface area (Å²) < 4.78 is 9.56. The zero-order chi connectivity index (χ0) is 12.2. The maximum absolute atomic E-state index is 10.1. The molecule has 16 heavy (non-hydrogen) atoms. The maximum atomic E-state index is 10.1. The van der Waals surface area contributed by atoms with Gasteiger partial charge in [-0.25, -0.2) is 0 Å². The fourth-order valence-electron chi connectivity index (χ4n) is 0.917. The molecule has 3 nitrogen and oxygen atoms in total. The van der Waals surface area contributed by atoms with Crippen molar-refractivity contribution in [3.63, 3.8) is 0 Å². The molecule has 0 spiro atoms. The van der Waals surface area contributed by atoms with E-state index >= 15 is 0 Å². The summed E-state index contributed by atoms with van der Waals surface area (Å²) in [6, 6.07) is 9.68. The standard InChI is InChI=1S/C7H8O.C6H12O2/c1-8-7-5-3-2-4-6-7;1-3-4-5-8-6(2)7/h2-6H,1H3;3-5H2,1-2H3. The molecule has 0 aromatic heterocycles. The summed E-state index contributed by atoms with van der Waals surface area (Å²) in [6.07, 6.45) is 2.05. The largest absolute Gasteiger partial charge is 0.497 e. The van der Waals surface area contributed by atoms with Crippen LogP contribution in [0.5, 0.6) is 5.75 Å². The minimum Gasteiger partial charge on any atom is -0.497 e. The summed E-state index contributed by atoms with van der Waals surface area (Å²) in [6.45, 7) is 4.06. The minimum atomic E-state index is -0.182. The lowest BCUT2D eigenvalue weighted by atomic mass is 10.3. The van der Waals surface area contributed by atoms with Gasteiger partial charge in [0.1, 0.15) is 5.75 Å². The summed E-state index contributed by atoms with van der Waals surface area (Å²) in [7, 11) is 1.66. The molecule has 0 heterocycles. The van der Waals surface area contributed by atoms with Gasteiger partial charge in [-0.3, -0.25) is 4.79 Å². The van der Waals surface area contributed by atoms with Crippen molar-refractivity contribution in [2.24, 2.45) is 0 Å². The second-order valence-corrected chi connectivity index (χ2v) is 3.21. The second kappa shape index (κ2) is 10.0. The van der Waals surface area contributed by atoms with Gasteiger partial charge in [0.2, 0.25) is 0 Å². The first-order valence-corrected chi connectivity index (χ1v) is 5.43. The van der Waals surface area contributed by atoms with Gasteiger partial charge in [-0.1, -0.05) is 31.5 Å². The molecular formula is C13H20O3. The molecule has 90 valence electrons. The van der Waals surface area contributed by atoms with Crippen molar-refractivity contribution in [3.8, 4) is 5.75 Å². The lowest BCUT2D eigenvalue weighted by molar-refractivity contribution is -0.141. The predicted molar refractivity (Wildman–Crippen MR) is 64.5 cm³/mol. The molecule has 0 fully saturated rings. The Morgan fingerprint density at radius 3 is 2.25 bits per heavy atom. The Morgan fingerprint density at radius 1 is 1.25 bits per heavy atom. The number of carbonyl (C=O) groups is 1. The molecule has 0 N–H and O–H groups in total. The van der Waals surface area contributed by atoms with Crippen LogP contribution in [0, 0.1) is 0 Å². The second-order valence-electron chi connectivity index (χ2n) is 3.21. The summed E-state index contributed by atoms with van der Waals surface area (Å²) in [5.74, 6) is 0.728. The molecule has 0 saturated heterocycles. The molecule has 1 rings (SSSR count). The number of benzene rings is 1. The highest BCUT2D eigenvalue weighted by Crippen LogP contribution is 2.05. The number of rotatable bonds is 4. The first-order valence-electron chi connectivity index (χ1n) is 5.43. The number of methoxy groups -OCH3 is 1. The molecule has 0 saturated carbocycles. The van der Waals surface area contributed by atoms with E-state index in [4.69, 9.17) is 4.74 Å². The maximum Gasteiger partial charge on any atom is 0.302 e. The average Bonchev–Trinajstić information content (AvgIpc) is 2.31. The van der Waals surface area contributed by atoms with Crippen LogP contribution >= 0.6 is 0 Å². The topological polar surface area (TPSA) is 35.5 Å². The predicted octanol–water partition coefficient (Wildman–Crippen LogP) is 3.04. The minimum absolute atomic E-state index is 0.182. The summed E-state index contributed by atoms with van der Waals surface area (Å²) in [5, 5.41) is 0. The van der Waals surface area contributed by atoms with E-state index in [0.29, 0.717) is 6.61 Å². The van der Waals surface area contributed by atoms with Crippen molar-refractivity contribution in [2.75, 3.05) is 13.7 Å². The zero-order valence-electron chi connectivity index (χ0n) is 10.2. The summed E-state index contributed by atoms with van der Waals surface area (Å²) in [5.41, 5.74) is 0. The Morgan fingerprint density at radius 2 is 1.88 bits per heavy atom. The molecule has 0 bridgehead atoms. The van der Waals surface area contributed by atoms with Crippen LogP contribution in [0.3, 0.4) is 0 Å². The molecule has 0 aliphatic heterocycles. The van der Waals surface area contributed by atoms with Crippen LogP contribution in [0.1, 0.15) is 26.7 Å². The molecule has 0 aliphatic carbocycles. The normalized spacial score (nSPS) is 8.69. The molecule has 0 aliphatic rings. The van der Waals surface area contributed by atoms with E-state index in [-0.39, 0.29) is 5.97 Å². The van der Waals surface area contributed by atoms with Crippen molar-refractivity contribution >= 4 is 5.97 Å². The van der Waals surface area contributed by atoms with Gasteiger partial charge in [-0.05, 0) is 18.6 Å². The van der Waals surface area contributed by atoms with Crippen LogP contribution in [-0.2, 0) is 9.53 Å². The van der Waals surface area contributed by atoms with Gasteiger partial charge in [-0.2, -0.15) is 0 Å². The van der Waals surface area contributed by atoms with Crippen molar-refractivity contribution in [2.45, 2.75) is 26.7 Å². The highest BCUT2D eigenvalue weighted by atomic mass is 16.5. The molecule has 0 atom stereocenters. The number of unbranched alkanes of at least 4 members (excludes halogenated alkanes) is 1. The third-order valence-electron chi connectivity index (χ3n) is 1.78. The van der Waals surface area contributed by atoms with Gasteiger partial charge >= 0.3 is 5.97 Å². The third kappa shape index (κ3) is 9.06. The van der Waals surface area contributed by atoms with Gasteiger partial charge in [0.25, 0.3) is 0 Å². The molecule has 1 aromatic rings. The van der Waals surface area contributed by atoms with Crippen LogP contribution in [0.15, 0.2) is 30.3 Å². The van der Waals surface area contributed by atoms with Crippen LogP contribution in [0.25, 0.3) is 0 Å². The molecule has 0 unspecified atom stereocenters. The molecule has 0 radical (unpaired) electrons. The first kappa shape index (κ1) is 14.5. The SMILES string of the molecule is CCCCOC(C)=O.COc1ccccc1. The smallest absolute Gasteiger partial charge is 0.302 e. The fraction of sp³-hybridized carbons (Fsp3) is 0.462. The van der Waals surface area contributed by atoms with Crippen molar-refractivity contribution < 1.29 is 14.3 Å². The number of ether oxygens (including phenoxy) is 2. The first-order chi connectivity index (χ1) is 7.70. The van der Waals surface area contributed by atoms with Crippen molar-refractivity contribution in [1.82, 2.24) is 0 Å². The quantitative estimate of drug-likeness (QED) is 0.582. The van der Waals surface area contributed by atoms with Crippen LogP contribution in [0.4, 0.5) is 0 Å². The Hall–Kier alpha value is -1.51. The van der Waals surface area contributed by atoms with Gasteiger partial charge < -0.3 is 9.47 Å². The van der Waals surface area contributed by atoms with E-state index in [1.165, 1.54) is 6.92 Å². The molecular weight excluding hydrogens is 204 g/mol. The van der Waals surface area contributed by atoms with E-state index in [1.54, 1.807) is 7.11 Å². The Kier molecular flexibility index (Phi) is 9.08. The van der Waals surface area contributed by atoms with Crippen LogP contribution < -0.4 is 4.74 Å². The van der Waals surface area contributed by atoms with Gasteiger partial charge in [0, 0.05) is 6.92 Å². The highest BCUT2D eigenvalue weighted by Gasteiger charge is 1.88. The lowest BCUT2D eigenvalue weighted by Crippen LogP contribution is -1.99. The Bertz CT molecular complexity index is 270. The number of para-hydroxylation sites is 1. The lowest BCUT2D eigenvalue weighted by Gasteiger charge is -1.96. The Balaban J connectivity index is 0.000000281. The van der Waals surface area contributed by atoms with Crippen LogP contribution in [0.2, 0.25) is 0 Å². The molecule has 0 amide bonds. The van der Waals surface area contributed by atoms with E-state index in [9.17, 15) is 4.79 Å². The number of hydrogen-bond donors (Lipinski definition) is 0. The van der Waals surface area contributed by atoms with Crippen LogP contribution in [-0.4, -0.2) is 19.7 Å². The molecule has 3 heteroatoms. The fourth-order valence-corrected chi connectivity index (χ4v) is 0.917. The van der Waals surface area contributed by atoms with E-state index in [1.807, 2.05) is 30.3 Å². The number of hydrogen-bond acceptors (Lipinski definition) is 3. The van der Waals surface area contributed by atoms with Gasteiger partial charge in [0.15, 0.2) is 0 Å². The summed E-state index contributed by atoms with van der Waals surface area (Å²) >= 11 is 0. The average molecular weight is 224 g/mol. The van der Waals surface area contributed by atoms with Crippen molar-refractivity contribution in [1.29, 1.82) is 0 Å². The van der Waals surface area contributed by atoms with Gasteiger partial charge in [-0.15, -0.1) is 0 Å². The van der Waals surface area contributed by atoms with E-state index < -0.39 is 0 Å². The third-order valence-corrected chi connectivity index (χ3v) is 1.78.